The van der Waals surface area contributed by atoms with Gasteiger partial charge in [0.1, 0.15) is 5.82 Å². The summed E-state index contributed by atoms with van der Waals surface area (Å²) in [5, 5.41) is 19.4. The molecule has 0 saturated carbocycles. The minimum atomic E-state index is -0.453. The van der Waals surface area contributed by atoms with E-state index >= 15 is 0 Å². The zero-order chi connectivity index (χ0) is 20.8. The van der Waals surface area contributed by atoms with Crippen LogP contribution in [0.2, 0.25) is 0 Å². The zero-order valence-corrected chi connectivity index (χ0v) is 16.9. The van der Waals surface area contributed by atoms with Crippen molar-refractivity contribution >= 4 is 39.2 Å². The summed E-state index contributed by atoms with van der Waals surface area (Å²) < 4.78 is 18.3. The predicted octanol–water partition coefficient (Wildman–Crippen LogP) is 3.85. The molecule has 1 amide bonds. The van der Waals surface area contributed by atoms with Crippen molar-refractivity contribution in [1.29, 1.82) is 0 Å². The quantitative estimate of drug-likeness (QED) is 0.292. The first kappa shape index (κ1) is 20.6. The molecule has 0 saturated heterocycles. The second kappa shape index (κ2) is 9.39. The molecule has 3 aromatic rings. The molecule has 150 valence electrons. The second-order valence-electron chi connectivity index (χ2n) is 6.21. The first-order valence-electron chi connectivity index (χ1n) is 8.59. The molecule has 8 nitrogen and oxygen atoms in total. The fourth-order valence-electron chi connectivity index (χ4n) is 2.54. The highest BCUT2D eigenvalue weighted by atomic mass is 79.9. The minimum absolute atomic E-state index is 0.00334. The van der Waals surface area contributed by atoms with Gasteiger partial charge in [0.2, 0.25) is 11.7 Å². The number of benzene rings is 2. The standard InChI is InChI=1S/C19H17BrFN5O3/c1-11(9-12-5-3-2-4-6-12)19(27)23-18-16(25-29-26-18)17(24-28)22-13-7-8-15(21)14(20)10-13/h2-8,10-11,28H,9H2,1H3,(H,22,24)(H,23,26,27). The number of carbonyl (C=O) groups is 1. The number of rotatable bonds is 6. The van der Waals surface area contributed by atoms with Crippen LogP contribution in [0, 0.1) is 11.7 Å². The van der Waals surface area contributed by atoms with E-state index in [9.17, 15) is 14.4 Å². The summed E-state index contributed by atoms with van der Waals surface area (Å²) in [5.41, 5.74) is 3.24. The Hall–Kier alpha value is -3.11. The van der Waals surface area contributed by atoms with Crippen LogP contribution in [0.1, 0.15) is 18.2 Å². The summed E-state index contributed by atoms with van der Waals surface area (Å²) in [6.45, 7) is 1.78. The van der Waals surface area contributed by atoms with Crippen LogP contribution in [-0.4, -0.2) is 27.3 Å². The number of nitrogens with zero attached hydrogens (tertiary/aromatic N) is 3. The number of amidine groups is 1. The van der Waals surface area contributed by atoms with Crippen molar-refractivity contribution in [2.45, 2.75) is 13.3 Å². The van der Waals surface area contributed by atoms with Crippen LogP contribution in [0.4, 0.5) is 15.9 Å². The van der Waals surface area contributed by atoms with Crippen molar-refractivity contribution in [2.24, 2.45) is 10.9 Å². The Morgan fingerprint density at radius 3 is 2.72 bits per heavy atom. The van der Waals surface area contributed by atoms with Crippen molar-refractivity contribution in [1.82, 2.24) is 15.8 Å². The molecule has 1 aromatic heterocycles. The summed E-state index contributed by atoms with van der Waals surface area (Å²) in [4.78, 5) is 16.7. The Bertz CT molecular complexity index is 1030. The van der Waals surface area contributed by atoms with Crippen LogP contribution in [0.5, 0.6) is 0 Å². The van der Waals surface area contributed by atoms with E-state index in [0.29, 0.717) is 12.1 Å². The first-order chi connectivity index (χ1) is 14.0. The molecular weight excluding hydrogens is 445 g/mol. The molecule has 3 rings (SSSR count). The van der Waals surface area contributed by atoms with Crippen LogP contribution in [0.3, 0.4) is 0 Å². The number of halogens is 2. The van der Waals surface area contributed by atoms with E-state index in [1.807, 2.05) is 35.8 Å². The molecule has 2 aromatic carbocycles. The van der Waals surface area contributed by atoms with E-state index in [1.165, 1.54) is 18.2 Å². The Kier molecular flexibility index (Phi) is 6.68. The lowest BCUT2D eigenvalue weighted by Gasteiger charge is -2.11. The molecule has 1 unspecified atom stereocenters. The van der Waals surface area contributed by atoms with Gasteiger partial charge in [0.25, 0.3) is 0 Å². The molecule has 0 aliphatic carbocycles. The zero-order valence-electron chi connectivity index (χ0n) is 15.3. The predicted molar refractivity (Wildman–Crippen MR) is 107 cm³/mol. The molecule has 0 spiro atoms. The molecule has 3 N–H and O–H groups in total. The number of aliphatic imine (C=N–C) groups is 1. The van der Waals surface area contributed by atoms with Crippen molar-refractivity contribution in [3.8, 4) is 0 Å². The third kappa shape index (κ3) is 5.24. The van der Waals surface area contributed by atoms with E-state index in [4.69, 9.17) is 4.63 Å². The van der Waals surface area contributed by atoms with Crippen LogP contribution in [0.15, 0.2) is 62.6 Å². The molecule has 0 fully saturated rings. The van der Waals surface area contributed by atoms with Crippen LogP contribution in [-0.2, 0) is 11.2 Å². The average Bonchev–Trinajstić information content (AvgIpc) is 3.17. The van der Waals surface area contributed by atoms with Crippen LogP contribution >= 0.6 is 15.9 Å². The van der Waals surface area contributed by atoms with E-state index in [0.717, 1.165) is 5.56 Å². The third-order valence-electron chi connectivity index (χ3n) is 4.04. The molecule has 1 heterocycles. The van der Waals surface area contributed by atoms with E-state index < -0.39 is 5.82 Å². The Labute approximate surface area is 173 Å². The van der Waals surface area contributed by atoms with Crippen LogP contribution < -0.4 is 10.8 Å². The molecule has 0 aliphatic rings. The highest BCUT2D eigenvalue weighted by molar-refractivity contribution is 9.10. The average molecular weight is 462 g/mol. The minimum Gasteiger partial charge on any atom is -0.306 e. The summed E-state index contributed by atoms with van der Waals surface area (Å²) in [7, 11) is 0. The SMILES string of the molecule is CC(Cc1ccccc1)C(=O)Nc1nonc1C(=Nc1ccc(F)c(Br)c1)NO. The number of aromatic nitrogens is 2. The van der Waals surface area contributed by atoms with Crippen molar-refractivity contribution in [2.75, 3.05) is 5.32 Å². The smallest absolute Gasteiger partial charge is 0.228 e. The Morgan fingerprint density at radius 2 is 2.03 bits per heavy atom. The third-order valence-corrected chi connectivity index (χ3v) is 4.64. The summed E-state index contributed by atoms with van der Waals surface area (Å²) in [6.07, 6.45) is 0.538. The lowest BCUT2D eigenvalue weighted by Crippen LogP contribution is -2.26. The van der Waals surface area contributed by atoms with Crippen molar-refractivity contribution in [3.63, 3.8) is 0 Å². The molecule has 0 aliphatic heterocycles. The van der Waals surface area contributed by atoms with Gasteiger partial charge in [-0.05, 0) is 56.4 Å². The van der Waals surface area contributed by atoms with Gasteiger partial charge in [-0.15, -0.1) is 0 Å². The number of amides is 1. The number of hydrogen-bond acceptors (Lipinski definition) is 6. The van der Waals surface area contributed by atoms with Gasteiger partial charge >= 0.3 is 0 Å². The Balaban J connectivity index is 1.77. The molecule has 1 atom stereocenters. The monoisotopic (exact) mass is 461 g/mol. The van der Waals surface area contributed by atoms with Crippen molar-refractivity contribution < 1.29 is 19.0 Å². The van der Waals surface area contributed by atoms with Gasteiger partial charge in [0.05, 0.1) is 10.2 Å². The molecule has 29 heavy (non-hydrogen) atoms. The van der Waals surface area contributed by atoms with Gasteiger partial charge in [-0.3, -0.25) is 15.5 Å². The number of hydroxylamine groups is 1. The lowest BCUT2D eigenvalue weighted by molar-refractivity contribution is -0.119. The normalized spacial score (nSPS) is 12.5. The highest BCUT2D eigenvalue weighted by Gasteiger charge is 2.21. The lowest BCUT2D eigenvalue weighted by atomic mass is 10.0. The fraction of sp³-hybridized carbons (Fsp3) is 0.158. The molecule has 0 radical (unpaired) electrons. The second-order valence-corrected chi connectivity index (χ2v) is 7.07. The molecule has 10 heteroatoms. The maximum absolute atomic E-state index is 13.4. The van der Waals surface area contributed by atoms with Gasteiger partial charge in [-0.25, -0.2) is 14.0 Å². The van der Waals surface area contributed by atoms with E-state index in [1.54, 1.807) is 6.92 Å². The largest absolute Gasteiger partial charge is 0.306 e. The van der Waals surface area contributed by atoms with Gasteiger partial charge in [-0.1, -0.05) is 37.3 Å². The number of carbonyl (C=O) groups excluding carboxylic acids is 1. The van der Waals surface area contributed by atoms with Gasteiger partial charge in [0, 0.05) is 5.92 Å². The molecule has 0 bridgehead atoms. The van der Waals surface area contributed by atoms with Crippen LogP contribution in [0.25, 0.3) is 0 Å². The summed E-state index contributed by atoms with van der Waals surface area (Å²) in [5.74, 6) is -1.23. The molecular formula is C19H17BrFN5O3. The maximum Gasteiger partial charge on any atom is 0.228 e. The van der Waals surface area contributed by atoms with E-state index in [2.05, 4.69) is 36.6 Å². The van der Waals surface area contributed by atoms with Gasteiger partial charge in [0.15, 0.2) is 11.5 Å². The van der Waals surface area contributed by atoms with Gasteiger partial charge in [-0.2, -0.15) is 0 Å². The number of anilines is 1. The highest BCUT2D eigenvalue weighted by Crippen LogP contribution is 2.23. The number of hydrogen-bond donors (Lipinski definition) is 3. The van der Waals surface area contributed by atoms with Crippen molar-refractivity contribution in [3.05, 3.63) is 70.1 Å². The number of nitrogens with one attached hydrogen (secondary N) is 2. The Morgan fingerprint density at radius 1 is 1.28 bits per heavy atom. The fourth-order valence-corrected chi connectivity index (χ4v) is 2.91. The summed E-state index contributed by atoms with van der Waals surface area (Å²) >= 11 is 3.07. The van der Waals surface area contributed by atoms with E-state index in [-0.39, 0.29) is 33.6 Å². The topological polar surface area (TPSA) is 113 Å². The maximum atomic E-state index is 13.4. The van der Waals surface area contributed by atoms with Gasteiger partial charge < -0.3 is 5.32 Å². The first-order valence-corrected chi connectivity index (χ1v) is 9.38. The summed E-state index contributed by atoms with van der Waals surface area (Å²) in [6, 6.07) is 13.6.